The van der Waals surface area contributed by atoms with Crippen molar-refractivity contribution in [2.24, 2.45) is 0 Å². The second-order valence-electron chi connectivity index (χ2n) is 3.57. The van der Waals surface area contributed by atoms with E-state index in [-0.39, 0.29) is 0 Å². The zero-order valence-corrected chi connectivity index (χ0v) is 9.31. The van der Waals surface area contributed by atoms with Crippen LogP contribution >= 0.6 is 0 Å². The highest BCUT2D eigenvalue weighted by molar-refractivity contribution is 5.85. The summed E-state index contributed by atoms with van der Waals surface area (Å²) in [7, 11) is 0. The van der Waals surface area contributed by atoms with Crippen molar-refractivity contribution in [3.8, 4) is 0 Å². The van der Waals surface area contributed by atoms with Gasteiger partial charge in [-0.05, 0) is 0 Å². The molecular formula is C9H10F6O4. The molecule has 0 saturated heterocycles. The number of halogens is 6. The van der Waals surface area contributed by atoms with Crippen LogP contribution in [0.15, 0.2) is 12.2 Å². The van der Waals surface area contributed by atoms with Crippen molar-refractivity contribution < 1.29 is 46.1 Å². The molecule has 0 fully saturated rings. The first kappa shape index (κ1) is 17.7. The van der Waals surface area contributed by atoms with Crippen LogP contribution in [0.1, 0.15) is 6.42 Å². The van der Waals surface area contributed by atoms with Gasteiger partial charge in [-0.25, -0.2) is 4.79 Å². The van der Waals surface area contributed by atoms with E-state index >= 15 is 0 Å². The molecule has 0 radical (unpaired) electrons. The maximum Gasteiger partial charge on any atom is 0.426 e. The Kier molecular flexibility index (Phi) is 5.39. The summed E-state index contributed by atoms with van der Waals surface area (Å²) in [6.07, 6.45) is -13.6. The summed E-state index contributed by atoms with van der Waals surface area (Å²) in [6.45, 7) is 1.07. The molecule has 0 aliphatic heterocycles. The van der Waals surface area contributed by atoms with Crippen molar-refractivity contribution in [3.63, 3.8) is 0 Å². The van der Waals surface area contributed by atoms with Gasteiger partial charge < -0.3 is 14.9 Å². The number of aliphatic carboxylic acids is 1. The fraction of sp³-hybridized carbons (Fsp3) is 0.667. The molecule has 0 unspecified atom stereocenters. The predicted octanol–water partition coefficient (Wildman–Crippen LogP) is 1.89. The molecule has 0 amide bonds. The minimum absolute atomic E-state index is 0.539. The molecule has 0 heterocycles. The normalized spacial score (nSPS) is 13.4. The van der Waals surface area contributed by atoms with Gasteiger partial charge in [0.05, 0.1) is 18.8 Å². The molecule has 0 atom stereocenters. The van der Waals surface area contributed by atoms with Gasteiger partial charge in [0.1, 0.15) is 0 Å². The fourth-order valence-electron chi connectivity index (χ4n) is 0.921. The van der Waals surface area contributed by atoms with E-state index in [0.29, 0.717) is 0 Å². The van der Waals surface area contributed by atoms with Crippen LogP contribution in [-0.2, 0) is 9.53 Å². The average Bonchev–Trinajstić information content (AvgIpc) is 2.20. The Morgan fingerprint density at radius 1 is 1.11 bits per heavy atom. The molecule has 0 bridgehead atoms. The molecule has 0 rings (SSSR count). The lowest BCUT2D eigenvalue weighted by atomic mass is 9.99. The third kappa shape index (κ3) is 4.39. The SMILES string of the molecule is C=C(COCCC(O)(C(F)(F)F)C(F)(F)F)C(=O)O. The van der Waals surface area contributed by atoms with Gasteiger partial charge >= 0.3 is 18.3 Å². The number of carboxylic acid groups (broad SMARTS) is 1. The minimum atomic E-state index is -5.92. The first-order valence-electron chi connectivity index (χ1n) is 4.67. The van der Waals surface area contributed by atoms with Crippen LogP contribution in [0.5, 0.6) is 0 Å². The molecule has 2 N–H and O–H groups in total. The summed E-state index contributed by atoms with van der Waals surface area (Å²) in [5, 5.41) is 17.0. The summed E-state index contributed by atoms with van der Waals surface area (Å²) >= 11 is 0. The van der Waals surface area contributed by atoms with Crippen LogP contribution < -0.4 is 0 Å². The Balaban J connectivity index is 4.56. The van der Waals surface area contributed by atoms with E-state index in [1.807, 2.05) is 0 Å². The Labute approximate surface area is 103 Å². The highest BCUT2D eigenvalue weighted by atomic mass is 19.4. The first-order chi connectivity index (χ1) is 8.33. The van der Waals surface area contributed by atoms with Gasteiger partial charge in [0, 0.05) is 6.42 Å². The topological polar surface area (TPSA) is 66.8 Å². The number of hydrogen-bond acceptors (Lipinski definition) is 3. The maximum atomic E-state index is 12.2. The number of carbonyl (C=O) groups is 1. The van der Waals surface area contributed by atoms with E-state index in [1.165, 1.54) is 0 Å². The predicted molar refractivity (Wildman–Crippen MR) is 49.3 cm³/mol. The Morgan fingerprint density at radius 2 is 1.53 bits per heavy atom. The number of rotatable bonds is 6. The van der Waals surface area contributed by atoms with Gasteiger partial charge in [-0.2, -0.15) is 26.3 Å². The second-order valence-corrected chi connectivity index (χ2v) is 3.57. The third-order valence-electron chi connectivity index (χ3n) is 2.12. The summed E-state index contributed by atoms with van der Waals surface area (Å²) in [6, 6.07) is 0. The largest absolute Gasteiger partial charge is 0.478 e. The zero-order valence-electron chi connectivity index (χ0n) is 9.31. The summed E-state index contributed by atoms with van der Waals surface area (Å²) in [5.41, 5.74) is -5.44. The molecule has 19 heavy (non-hydrogen) atoms. The zero-order chi connectivity index (χ0) is 15.5. The molecule has 0 aromatic rings. The number of ether oxygens (including phenoxy) is 1. The van der Waals surface area contributed by atoms with E-state index in [4.69, 9.17) is 10.2 Å². The van der Waals surface area contributed by atoms with Crippen LogP contribution in [0.3, 0.4) is 0 Å². The monoisotopic (exact) mass is 296 g/mol. The average molecular weight is 296 g/mol. The Morgan fingerprint density at radius 3 is 1.84 bits per heavy atom. The smallest absolute Gasteiger partial charge is 0.426 e. The van der Waals surface area contributed by atoms with Crippen LogP contribution in [0.25, 0.3) is 0 Å². The van der Waals surface area contributed by atoms with Gasteiger partial charge in [-0.15, -0.1) is 0 Å². The summed E-state index contributed by atoms with van der Waals surface area (Å²) in [4.78, 5) is 10.2. The third-order valence-corrected chi connectivity index (χ3v) is 2.12. The van der Waals surface area contributed by atoms with Gasteiger partial charge in [0.15, 0.2) is 0 Å². The van der Waals surface area contributed by atoms with Crippen molar-refractivity contribution in [2.45, 2.75) is 24.4 Å². The van der Waals surface area contributed by atoms with Gasteiger partial charge in [0.25, 0.3) is 5.60 Å². The summed E-state index contributed by atoms with van der Waals surface area (Å²) in [5.74, 6) is -1.50. The molecule has 0 spiro atoms. The van der Waals surface area contributed by atoms with Crippen LogP contribution in [0, 0.1) is 0 Å². The molecular weight excluding hydrogens is 286 g/mol. The molecule has 112 valence electrons. The minimum Gasteiger partial charge on any atom is -0.478 e. The molecule has 0 saturated carbocycles. The maximum absolute atomic E-state index is 12.2. The lowest BCUT2D eigenvalue weighted by molar-refractivity contribution is -0.371. The number of aliphatic hydroxyl groups is 1. The van der Waals surface area contributed by atoms with Crippen LogP contribution in [0.2, 0.25) is 0 Å². The lowest BCUT2D eigenvalue weighted by Crippen LogP contribution is -2.57. The van der Waals surface area contributed by atoms with Crippen molar-refractivity contribution in [1.29, 1.82) is 0 Å². The van der Waals surface area contributed by atoms with E-state index < -0.39 is 49.1 Å². The lowest BCUT2D eigenvalue weighted by Gasteiger charge is -2.32. The molecule has 0 aromatic heterocycles. The number of alkyl halides is 6. The van der Waals surface area contributed by atoms with Gasteiger partial charge in [-0.1, -0.05) is 6.58 Å². The molecule has 10 heteroatoms. The second kappa shape index (κ2) is 5.78. The van der Waals surface area contributed by atoms with Crippen molar-refractivity contribution in [1.82, 2.24) is 0 Å². The van der Waals surface area contributed by atoms with Crippen molar-refractivity contribution in [3.05, 3.63) is 12.2 Å². The molecule has 0 aromatic carbocycles. The van der Waals surface area contributed by atoms with E-state index in [0.717, 1.165) is 0 Å². The van der Waals surface area contributed by atoms with E-state index in [1.54, 1.807) is 0 Å². The van der Waals surface area contributed by atoms with Gasteiger partial charge in [0.2, 0.25) is 0 Å². The summed E-state index contributed by atoms with van der Waals surface area (Å²) < 4.78 is 77.4. The fourth-order valence-corrected chi connectivity index (χ4v) is 0.921. The number of hydrogen-bond donors (Lipinski definition) is 2. The van der Waals surface area contributed by atoms with Gasteiger partial charge in [-0.3, -0.25) is 0 Å². The molecule has 4 nitrogen and oxygen atoms in total. The molecule has 0 aliphatic rings. The van der Waals surface area contributed by atoms with Crippen LogP contribution in [0.4, 0.5) is 26.3 Å². The van der Waals surface area contributed by atoms with Crippen molar-refractivity contribution in [2.75, 3.05) is 13.2 Å². The number of carboxylic acids is 1. The van der Waals surface area contributed by atoms with E-state index in [9.17, 15) is 31.1 Å². The Bertz CT molecular complexity index is 332. The first-order valence-corrected chi connectivity index (χ1v) is 4.67. The quantitative estimate of drug-likeness (QED) is 0.446. The molecule has 0 aliphatic carbocycles. The highest BCUT2D eigenvalue weighted by Gasteiger charge is 2.69. The van der Waals surface area contributed by atoms with E-state index in [2.05, 4.69) is 11.3 Å². The standard InChI is InChI=1S/C9H10F6O4/c1-5(6(16)17)4-19-3-2-7(18,8(10,11)12)9(13,14)15/h18H,1-4H2,(H,16,17). The van der Waals surface area contributed by atoms with Crippen LogP contribution in [-0.4, -0.2) is 47.3 Å². The van der Waals surface area contributed by atoms with Crippen molar-refractivity contribution >= 4 is 5.97 Å². The Hall–Kier alpha value is -1.29. The highest BCUT2D eigenvalue weighted by Crippen LogP contribution is 2.45.